The zero-order valence-electron chi connectivity index (χ0n) is 8.74. The molecule has 1 N–H and O–H groups in total. The third kappa shape index (κ3) is 2.96. The molecule has 0 saturated heterocycles. The highest BCUT2D eigenvalue weighted by Gasteiger charge is 2.00. The highest BCUT2D eigenvalue weighted by Crippen LogP contribution is 2.24. The van der Waals surface area contributed by atoms with Gasteiger partial charge >= 0.3 is 0 Å². The molecule has 0 aliphatic rings. The van der Waals surface area contributed by atoms with Crippen LogP contribution in [0.15, 0.2) is 33.6 Å². The Bertz CT molecular complexity index is 459. The van der Waals surface area contributed by atoms with Gasteiger partial charge < -0.3 is 10.1 Å². The van der Waals surface area contributed by atoms with E-state index in [1.165, 1.54) is 0 Å². The molecule has 84 valence electrons. The summed E-state index contributed by atoms with van der Waals surface area (Å²) in [7, 11) is 1.66. The fraction of sp³-hybridized carbons (Fsp3) is 0.182. The topological polar surface area (TPSA) is 34.1 Å². The van der Waals surface area contributed by atoms with Crippen LogP contribution in [0.25, 0.3) is 0 Å². The zero-order chi connectivity index (χ0) is 11.4. The molecule has 0 spiro atoms. The number of benzene rings is 1. The van der Waals surface area contributed by atoms with Crippen molar-refractivity contribution in [1.82, 2.24) is 4.98 Å². The molecular formula is C11H11BrN2OS. The lowest BCUT2D eigenvalue weighted by atomic mass is 10.3. The number of hydrogen-bond acceptors (Lipinski definition) is 4. The quantitative estimate of drug-likeness (QED) is 0.938. The standard InChI is InChI=1S/C11H11BrN2OS/c1-15-11-3-8(12)2-9(4-11)13-5-10-6-16-7-14-10/h2-4,6-7,13H,5H2,1H3. The number of methoxy groups -OCH3 is 1. The van der Waals surface area contributed by atoms with Crippen LogP contribution in [0.4, 0.5) is 5.69 Å². The first-order valence-corrected chi connectivity index (χ1v) is 6.47. The van der Waals surface area contributed by atoms with Crippen molar-refractivity contribution in [2.24, 2.45) is 0 Å². The lowest BCUT2D eigenvalue weighted by molar-refractivity contribution is 0.414. The van der Waals surface area contributed by atoms with Crippen LogP contribution in [0.2, 0.25) is 0 Å². The van der Waals surface area contributed by atoms with E-state index >= 15 is 0 Å². The Kier molecular flexibility index (Phi) is 3.79. The minimum atomic E-state index is 0.725. The Morgan fingerprint density at radius 3 is 3.00 bits per heavy atom. The lowest BCUT2D eigenvalue weighted by Crippen LogP contribution is -1.99. The number of thiazole rings is 1. The lowest BCUT2D eigenvalue weighted by Gasteiger charge is -2.07. The van der Waals surface area contributed by atoms with Gasteiger partial charge in [0.25, 0.3) is 0 Å². The predicted molar refractivity (Wildman–Crippen MR) is 70.1 cm³/mol. The minimum Gasteiger partial charge on any atom is -0.497 e. The van der Waals surface area contributed by atoms with E-state index < -0.39 is 0 Å². The van der Waals surface area contributed by atoms with Gasteiger partial charge in [-0.15, -0.1) is 11.3 Å². The van der Waals surface area contributed by atoms with E-state index in [2.05, 4.69) is 26.2 Å². The maximum absolute atomic E-state index is 5.19. The molecule has 1 aromatic heterocycles. The molecule has 2 aromatic rings. The Labute approximate surface area is 107 Å². The van der Waals surface area contributed by atoms with Gasteiger partial charge in [-0.3, -0.25) is 0 Å². The van der Waals surface area contributed by atoms with Crippen LogP contribution < -0.4 is 10.1 Å². The first kappa shape index (κ1) is 11.4. The summed E-state index contributed by atoms with van der Waals surface area (Å²) in [5.74, 6) is 0.829. The van der Waals surface area contributed by atoms with Gasteiger partial charge in [0.2, 0.25) is 0 Å². The second-order valence-corrected chi connectivity index (χ2v) is 4.85. The number of nitrogens with zero attached hydrogens (tertiary/aromatic N) is 1. The molecule has 0 saturated carbocycles. The smallest absolute Gasteiger partial charge is 0.122 e. The van der Waals surface area contributed by atoms with Crippen LogP contribution in [0.3, 0.4) is 0 Å². The van der Waals surface area contributed by atoms with Crippen LogP contribution in [0.1, 0.15) is 5.69 Å². The third-order valence-electron chi connectivity index (χ3n) is 2.06. The molecule has 0 amide bonds. The molecule has 1 aromatic carbocycles. The minimum absolute atomic E-state index is 0.725. The van der Waals surface area contributed by atoms with Gasteiger partial charge in [0, 0.05) is 21.6 Å². The molecule has 1 heterocycles. The molecule has 0 unspecified atom stereocenters. The monoisotopic (exact) mass is 298 g/mol. The van der Waals surface area contributed by atoms with Gasteiger partial charge in [0.15, 0.2) is 0 Å². The van der Waals surface area contributed by atoms with Crippen LogP contribution in [-0.2, 0) is 6.54 Å². The first-order chi connectivity index (χ1) is 7.78. The summed E-state index contributed by atoms with van der Waals surface area (Å²) >= 11 is 5.04. The van der Waals surface area contributed by atoms with Crippen LogP contribution in [0.5, 0.6) is 5.75 Å². The Hall–Kier alpha value is -1.07. The summed E-state index contributed by atoms with van der Waals surface area (Å²) < 4.78 is 6.18. The molecule has 0 aliphatic carbocycles. The summed E-state index contributed by atoms with van der Waals surface area (Å²) in [5.41, 5.74) is 3.89. The van der Waals surface area contributed by atoms with E-state index in [1.54, 1.807) is 18.4 Å². The van der Waals surface area contributed by atoms with Crippen molar-refractivity contribution in [3.05, 3.63) is 39.3 Å². The van der Waals surface area contributed by atoms with E-state index in [-0.39, 0.29) is 0 Å². The number of hydrogen-bond donors (Lipinski definition) is 1. The molecule has 0 fully saturated rings. The highest BCUT2D eigenvalue weighted by molar-refractivity contribution is 9.10. The number of ether oxygens (including phenoxy) is 1. The molecule has 16 heavy (non-hydrogen) atoms. The number of anilines is 1. The number of rotatable bonds is 4. The summed E-state index contributed by atoms with van der Waals surface area (Å²) in [4.78, 5) is 4.21. The Balaban J connectivity index is 2.06. The fourth-order valence-electron chi connectivity index (χ4n) is 1.30. The maximum Gasteiger partial charge on any atom is 0.122 e. The summed E-state index contributed by atoms with van der Waals surface area (Å²) in [6.45, 7) is 0.725. The Morgan fingerprint density at radius 1 is 1.44 bits per heavy atom. The van der Waals surface area contributed by atoms with Crippen LogP contribution in [0, 0.1) is 0 Å². The molecule has 5 heteroatoms. The molecule has 0 radical (unpaired) electrons. The summed E-state index contributed by atoms with van der Waals surface area (Å²) in [6, 6.07) is 5.89. The van der Waals surface area contributed by atoms with Crippen molar-refractivity contribution in [1.29, 1.82) is 0 Å². The van der Waals surface area contributed by atoms with Crippen molar-refractivity contribution in [3.8, 4) is 5.75 Å². The van der Waals surface area contributed by atoms with E-state index in [0.717, 1.165) is 28.1 Å². The maximum atomic E-state index is 5.19. The van der Waals surface area contributed by atoms with E-state index in [4.69, 9.17) is 4.74 Å². The third-order valence-corrected chi connectivity index (χ3v) is 3.16. The second-order valence-electron chi connectivity index (χ2n) is 3.21. The molecule has 2 rings (SSSR count). The van der Waals surface area contributed by atoms with E-state index in [1.807, 2.05) is 29.1 Å². The van der Waals surface area contributed by atoms with Crippen molar-refractivity contribution in [3.63, 3.8) is 0 Å². The largest absolute Gasteiger partial charge is 0.497 e. The van der Waals surface area contributed by atoms with Crippen molar-refractivity contribution < 1.29 is 4.74 Å². The van der Waals surface area contributed by atoms with Crippen LogP contribution >= 0.6 is 27.3 Å². The molecule has 0 bridgehead atoms. The number of halogens is 1. The number of aromatic nitrogens is 1. The first-order valence-electron chi connectivity index (χ1n) is 4.73. The van der Waals surface area contributed by atoms with Gasteiger partial charge in [-0.2, -0.15) is 0 Å². The van der Waals surface area contributed by atoms with E-state index in [9.17, 15) is 0 Å². The second kappa shape index (κ2) is 5.32. The molecule has 0 aliphatic heterocycles. The highest BCUT2D eigenvalue weighted by atomic mass is 79.9. The average molecular weight is 299 g/mol. The molecule has 3 nitrogen and oxygen atoms in total. The molecular weight excluding hydrogens is 288 g/mol. The van der Waals surface area contributed by atoms with Crippen molar-refractivity contribution >= 4 is 33.0 Å². The van der Waals surface area contributed by atoms with Gasteiger partial charge in [-0.05, 0) is 12.1 Å². The summed E-state index contributed by atoms with van der Waals surface area (Å²) in [5, 5.41) is 5.33. The van der Waals surface area contributed by atoms with Gasteiger partial charge in [0.05, 0.1) is 24.9 Å². The normalized spacial score (nSPS) is 10.1. The summed E-state index contributed by atoms with van der Waals surface area (Å²) in [6.07, 6.45) is 0. The van der Waals surface area contributed by atoms with Gasteiger partial charge in [-0.1, -0.05) is 15.9 Å². The fourth-order valence-corrected chi connectivity index (χ4v) is 2.33. The van der Waals surface area contributed by atoms with Gasteiger partial charge in [0.1, 0.15) is 5.75 Å². The SMILES string of the molecule is COc1cc(Br)cc(NCc2cscn2)c1. The van der Waals surface area contributed by atoms with E-state index in [0.29, 0.717) is 0 Å². The van der Waals surface area contributed by atoms with Crippen molar-refractivity contribution in [2.45, 2.75) is 6.54 Å². The van der Waals surface area contributed by atoms with Crippen LogP contribution in [-0.4, -0.2) is 12.1 Å². The number of nitrogens with one attached hydrogen (secondary N) is 1. The van der Waals surface area contributed by atoms with Gasteiger partial charge in [-0.25, -0.2) is 4.98 Å². The Morgan fingerprint density at radius 2 is 2.31 bits per heavy atom. The zero-order valence-corrected chi connectivity index (χ0v) is 11.1. The average Bonchev–Trinajstić information content (AvgIpc) is 2.78. The molecule has 0 atom stereocenters. The van der Waals surface area contributed by atoms with Crippen molar-refractivity contribution in [2.75, 3.05) is 12.4 Å². The predicted octanol–water partition coefficient (Wildman–Crippen LogP) is 3.53.